The molecule has 6 radical (unpaired) electrons. The highest BCUT2D eigenvalue weighted by molar-refractivity contribution is 6.21. The highest BCUT2D eigenvalue weighted by Gasteiger charge is 2.35. The Morgan fingerprint density at radius 2 is 1.07 bits per heavy atom. The van der Waals surface area contributed by atoms with E-state index in [1.54, 1.807) is 0 Å². The molecular formula is C27H32Si2. The van der Waals surface area contributed by atoms with Crippen LogP contribution in [0.1, 0.15) is 80.5 Å². The monoisotopic (exact) mass is 412 g/mol. The van der Waals surface area contributed by atoms with E-state index in [4.69, 9.17) is 0 Å². The van der Waals surface area contributed by atoms with E-state index < -0.39 is 0 Å². The maximum atomic E-state index is 3.90. The average Bonchev–Trinajstić information content (AvgIpc) is 2.95. The number of benzene rings is 2. The summed E-state index contributed by atoms with van der Waals surface area (Å²) in [5.41, 5.74) is 15.6. The maximum Gasteiger partial charge on any atom is 0.0436 e. The molecule has 0 fully saturated rings. The van der Waals surface area contributed by atoms with Crippen LogP contribution in [0.5, 0.6) is 0 Å². The molecule has 0 bridgehead atoms. The summed E-state index contributed by atoms with van der Waals surface area (Å²) in [6, 6.07) is 11.0. The summed E-state index contributed by atoms with van der Waals surface area (Å²) in [5.74, 6) is 0. The lowest BCUT2D eigenvalue weighted by Gasteiger charge is -2.22. The van der Waals surface area contributed by atoms with E-state index in [1.165, 1.54) is 61.2 Å². The van der Waals surface area contributed by atoms with E-state index in [-0.39, 0.29) is 10.1 Å². The van der Waals surface area contributed by atoms with Crippen LogP contribution in [0.25, 0.3) is 11.1 Å². The molecule has 0 aliphatic heterocycles. The molecule has 29 heavy (non-hydrogen) atoms. The third-order valence-corrected chi connectivity index (χ3v) is 8.75. The molecule has 0 amide bonds. The molecule has 0 spiro atoms. The van der Waals surface area contributed by atoms with Crippen molar-refractivity contribution in [2.24, 2.45) is 0 Å². The first-order chi connectivity index (χ1) is 13.3. The lowest BCUT2D eigenvalue weighted by molar-refractivity contribution is 0.816. The number of hydrogen-bond acceptors (Lipinski definition) is 0. The van der Waals surface area contributed by atoms with E-state index in [0.717, 1.165) is 0 Å². The summed E-state index contributed by atoms with van der Waals surface area (Å²) in [4.78, 5) is 0. The minimum absolute atomic E-state index is 0.0257. The zero-order valence-corrected chi connectivity index (χ0v) is 21.4. The van der Waals surface area contributed by atoms with Crippen LogP contribution >= 0.6 is 0 Å². The largest absolute Gasteiger partial charge is 0.0631 e. The number of allylic oxidation sites excluding steroid dienone is 4. The van der Waals surface area contributed by atoms with Crippen LogP contribution in [0.4, 0.5) is 0 Å². The molecule has 2 unspecified atom stereocenters. The van der Waals surface area contributed by atoms with Crippen LogP contribution in [-0.2, 0) is 10.1 Å². The highest BCUT2D eigenvalue weighted by atomic mass is 28.1. The average molecular weight is 413 g/mol. The van der Waals surface area contributed by atoms with Crippen molar-refractivity contribution in [2.75, 3.05) is 0 Å². The van der Waals surface area contributed by atoms with Gasteiger partial charge >= 0.3 is 0 Å². The number of rotatable bonds is 0. The van der Waals surface area contributed by atoms with Crippen molar-refractivity contribution >= 4 is 31.6 Å². The lowest BCUT2D eigenvalue weighted by atomic mass is 9.93. The van der Waals surface area contributed by atoms with Gasteiger partial charge in [0.15, 0.2) is 0 Å². The Balaban J connectivity index is 0.000000166. The van der Waals surface area contributed by atoms with Gasteiger partial charge in [0.05, 0.1) is 0 Å². The zero-order valence-electron chi connectivity index (χ0n) is 19.4. The second kappa shape index (κ2) is 7.25. The first kappa shape index (κ1) is 22.0. The summed E-state index contributed by atoms with van der Waals surface area (Å²) in [7, 11) is 7.78. The summed E-state index contributed by atoms with van der Waals surface area (Å²) in [5, 5.41) is 0.0588. The van der Waals surface area contributed by atoms with E-state index >= 15 is 0 Å². The molecule has 2 heteroatoms. The van der Waals surface area contributed by atoms with Gasteiger partial charge in [0, 0.05) is 30.6 Å². The Hall–Kier alpha value is -1.65. The molecule has 0 saturated heterocycles. The molecule has 2 aliphatic carbocycles. The van der Waals surface area contributed by atoms with E-state index in [9.17, 15) is 0 Å². The molecule has 0 nitrogen and oxygen atoms in total. The third-order valence-electron chi connectivity index (χ3n) is 7.46. The van der Waals surface area contributed by atoms with Gasteiger partial charge < -0.3 is 0 Å². The van der Waals surface area contributed by atoms with Crippen LogP contribution in [0.15, 0.2) is 41.5 Å². The minimum Gasteiger partial charge on any atom is -0.0631 e. The maximum absolute atomic E-state index is 3.90. The quantitative estimate of drug-likeness (QED) is 0.423. The predicted molar refractivity (Wildman–Crippen MR) is 130 cm³/mol. The van der Waals surface area contributed by atoms with E-state index in [0.29, 0.717) is 0 Å². The van der Waals surface area contributed by atoms with Gasteiger partial charge in [-0.3, -0.25) is 0 Å². The fourth-order valence-corrected chi connectivity index (χ4v) is 5.62. The molecule has 0 saturated carbocycles. The van der Waals surface area contributed by atoms with Crippen LogP contribution in [0, 0.1) is 20.8 Å². The zero-order chi connectivity index (χ0) is 21.9. The molecule has 4 rings (SSSR count). The van der Waals surface area contributed by atoms with Gasteiger partial charge in [0.1, 0.15) is 0 Å². The van der Waals surface area contributed by atoms with Crippen molar-refractivity contribution in [3.63, 3.8) is 0 Å². The van der Waals surface area contributed by atoms with Gasteiger partial charge in [0.25, 0.3) is 0 Å². The van der Waals surface area contributed by atoms with Crippen LogP contribution < -0.4 is 0 Å². The van der Waals surface area contributed by atoms with Crippen LogP contribution in [0.2, 0.25) is 0 Å². The van der Waals surface area contributed by atoms with Crippen molar-refractivity contribution in [3.8, 4) is 0 Å². The molecule has 2 aromatic rings. The Kier molecular flexibility index (Phi) is 5.51. The predicted octanol–water partition coefficient (Wildman–Crippen LogP) is 6.68. The van der Waals surface area contributed by atoms with Crippen LogP contribution in [0.3, 0.4) is 0 Å². The lowest BCUT2D eigenvalue weighted by Crippen LogP contribution is -2.20. The van der Waals surface area contributed by atoms with Gasteiger partial charge in [-0.1, -0.05) is 55.3 Å². The first-order valence-corrected chi connectivity index (χ1v) is 11.4. The molecular weight excluding hydrogens is 380 g/mol. The number of fused-ring (bicyclic) bond motifs is 2. The minimum atomic E-state index is 0.0257. The van der Waals surface area contributed by atoms with Crippen molar-refractivity contribution < 1.29 is 0 Å². The Labute approximate surface area is 184 Å². The Bertz CT molecular complexity index is 1060. The molecule has 2 aromatic carbocycles. The van der Waals surface area contributed by atoms with Gasteiger partial charge in [-0.15, -0.1) is 0 Å². The van der Waals surface area contributed by atoms with Gasteiger partial charge in [0.2, 0.25) is 0 Å². The second-order valence-corrected chi connectivity index (χ2v) is 11.2. The SMILES string of the molecule is CC1=C(C)C(C)([Si])c2ccc(C)c(C)c21.CC1=C(C)C(C)([Si])c2cccc(C)c21. The Morgan fingerprint density at radius 1 is 0.586 bits per heavy atom. The third kappa shape index (κ3) is 3.25. The van der Waals surface area contributed by atoms with Crippen LogP contribution in [-0.4, -0.2) is 20.5 Å². The topological polar surface area (TPSA) is 0 Å². The first-order valence-electron chi connectivity index (χ1n) is 10.4. The number of hydrogen-bond donors (Lipinski definition) is 0. The fraction of sp³-hybridized carbons (Fsp3) is 0.407. The van der Waals surface area contributed by atoms with Gasteiger partial charge in [-0.05, 0) is 98.6 Å². The normalized spacial score (nSPS) is 25.1. The summed E-state index contributed by atoms with van der Waals surface area (Å²) in [6.45, 7) is 19.9. The van der Waals surface area contributed by atoms with Gasteiger partial charge in [-0.2, -0.15) is 0 Å². The smallest absolute Gasteiger partial charge is 0.0436 e. The summed E-state index contributed by atoms with van der Waals surface area (Å²) in [6.07, 6.45) is 0. The molecule has 2 atom stereocenters. The summed E-state index contributed by atoms with van der Waals surface area (Å²) >= 11 is 0. The highest BCUT2D eigenvalue weighted by Crippen LogP contribution is 2.46. The second-order valence-electron chi connectivity index (χ2n) is 9.18. The van der Waals surface area contributed by atoms with Crippen molar-refractivity contribution in [1.29, 1.82) is 0 Å². The van der Waals surface area contributed by atoms with E-state index in [1.807, 2.05) is 0 Å². The van der Waals surface area contributed by atoms with E-state index in [2.05, 4.69) is 113 Å². The fourth-order valence-electron chi connectivity index (χ4n) is 4.83. The standard InChI is InChI=1S/C14H17Si.C13H15Si/c1-8-6-7-12-13(9(8)2)10(3)11(4)14(12,5)15;1-8-6-5-7-11-12(8)9(2)10(3)13(11,4)14/h6-7H,1-5H3;5-7H,1-4H3. The molecule has 0 heterocycles. The van der Waals surface area contributed by atoms with Gasteiger partial charge in [-0.25, -0.2) is 0 Å². The molecule has 0 aromatic heterocycles. The van der Waals surface area contributed by atoms with Crippen molar-refractivity contribution in [2.45, 2.75) is 72.4 Å². The number of aryl methyl sites for hydroxylation is 2. The van der Waals surface area contributed by atoms with Crippen molar-refractivity contribution in [1.82, 2.24) is 0 Å². The molecule has 148 valence electrons. The molecule has 0 N–H and O–H groups in total. The Morgan fingerprint density at radius 3 is 1.59 bits per heavy atom. The summed E-state index contributed by atoms with van der Waals surface area (Å²) < 4.78 is 0. The molecule has 2 aliphatic rings. The van der Waals surface area contributed by atoms with Crippen molar-refractivity contribution in [3.05, 3.63) is 80.4 Å².